The molecule has 0 aromatic heterocycles. The highest BCUT2D eigenvalue weighted by molar-refractivity contribution is 5.79. The average molecular weight is 287 g/mol. The van der Waals surface area contributed by atoms with Gasteiger partial charge < -0.3 is 10.4 Å². The van der Waals surface area contributed by atoms with Crippen molar-refractivity contribution in [3.63, 3.8) is 0 Å². The van der Waals surface area contributed by atoms with Crippen LogP contribution in [0.3, 0.4) is 0 Å². The van der Waals surface area contributed by atoms with E-state index in [1.54, 1.807) is 6.92 Å². The fourth-order valence-electron chi connectivity index (χ4n) is 2.68. The van der Waals surface area contributed by atoms with Crippen molar-refractivity contribution in [2.75, 3.05) is 6.54 Å². The van der Waals surface area contributed by atoms with Gasteiger partial charge in [-0.1, -0.05) is 49.4 Å². The van der Waals surface area contributed by atoms with E-state index in [1.165, 1.54) is 5.56 Å². The minimum atomic E-state index is -0.486. The molecule has 2 N–H and O–H groups in total. The number of nitrogens with one attached hydrogen (secondary N) is 1. The largest absolute Gasteiger partial charge is 0.393 e. The molecule has 114 valence electrons. The molecule has 21 heavy (non-hydrogen) atoms. The second kappa shape index (κ2) is 6.90. The molecule has 0 heterocycles. The third-order valence-corrected chi connectivity index (χ3v) is 4.50. The lowest BCUT2D eigenvalue weighted by Gasteiger charge is -2.33. The van der Waals surface area contributed by atoms with Crippen LogP contribution in [0.5, 0.6) is 0 Å². The van der Waals surface area contributed by atoms with Gasteiger partial charge in [0.05, 0.1) is 6.10 Å². The quantitative estimate of drug-likeness (QED) is 0.790. The maximum Gasteiger partial charge on any atom is 0.223 e. The van der Waals surface area contributed by atoms with Gasteiger partial charge in [-0.25, -0.2) is 0 Å². The number of carbonyl (C=O) groups is 1. The predicted octanol–water partition coefficient (Wildman–Crippen LogP) is 2.70. The molecular formula is C18H25NO2. The number of aliphatic hydroxyl groups excluding tert-OH is 1. The first-order valence-corrected chi connectivity index (χ1v) is 7.66. The molecule has 0 unspecified atom stereocenters. The molecule has 0 bridgehead atoms. The van der Waals surface area contributed by atoms with E-state index in [2.05, 4.69) is 29.6 Å². The molecule has 1 aromatic carbocycles. The Kier molecular flexibility index (Phi) is 5.18. The van der Waals surface area contributed by atoms with E-state index < -0.39 is 6.10 Å². The number of aliphatic hydroxyl groups is 1. The van der Waals surface area contributed by atoms with Crippen molar-refractivity contribution < 1.29 is 9.90 Å². The van der Waals surface area contributed by atoms with Crippen LogP contribution in [0.15, 0.2) is 42.5 Å². The normalized spacial score (nSPS) is 19.2. The van der Waals surface area contributed by atoms with Gasteiger partial charge in [-0.05, 0) is 31.7 Å². The number of amides is 1. The number of rotatable bonds is 6. The van der Waals surface area contributed by atoms with Gasteiger partial charge >= 0.3 is 0 Å². The van der Waals surface area contributed by atoms with Crippen LogP contribution in [0.4, 0.5) is 0 Å². The van der Waals surface area contributed by atoms with Crippen molar-refractivity contribution in [2.45, 2.75) is 39.2 Å². The lowest BCUT2D eigenvalue weighted by Crippen LogP contribution is -2.45. The van der Waals surface area contributed by atoms with Gasteiger partial charge in [-0.2, -0.15) is 0 Å². The van der Waals surface area contributed by atoms with E-state index in [9.17, 15) is 9.90 Å². The number of benzene rings is 1. The molecule has 0 fully saturated rings. The van der Waals surface area contributed by atoms with Crippen LogP contribution in [0.1, 0.15) is 32.3 Å². The predicted molar refractivity (Wildman–Crippen MR) is 84.8 cm³/mol. The van der Waals surface area contributed by atoms with E-state index in [0.717, 1.165) is 19.3 Å². The van der Waals surface area contributed by atoms with Crippen molar-refractivity contribution in [3.05, 3.63) is 48.0 Å². The summed E-state index contributed by atoms with van der Waals surface area (Å²) in [6.45, 7) is 4.32. The topological polar surface area (TPSA) is 49.3 Å². The van der Waals surface area contributed by atoms with Gasteiger partial charge in [0.1, 0.15) is 0 Å². The summed E-state index contributed by atoms with van der Waals surface area (Å²) < 4.78 is 0. The third kappa shape index (κ3) is 4.18. The second-order valence-electron chi connectivity index (χ2n) is 6.35. The first kappa shape index (κ1) is 15.8. The maximum atomic E-state index is 12.1. The summed E-state index contributed by atoms with van der Waals surface area (Å²) in [6.07, 6.45) is 6.03. The van der Waals surface area contributed by atoms with Crippen molar-refractivity contribution in [1.82, 2.24) is 5.32 Å². The van der Waals surface area contributed by atoms with E-state index in [0.29, 0.717) is 6.54 Å². The van der Waals surface area contributed by atoms with Gasteiger partial charge in [-0.15, -0.1) is 0 Å². The Balaban J connectivity index is 1.96. The Hall–Kier alpha value is -1.61. The molecule has 0 spiro atoms. The van der Waals surface area contributed by atoms with Crippen LogP contribution in [0.25, 0.3) is 0 Å². The van der Waals surface area contributed by atoms with Crippen LogP contribution >= 0.6 is 0 Å². The molecule has 1 aliphatic rings. The zero-order chi connectivity index (χ0) is 15.3. The molecule has 2 rings (SSSR count). The zero-order valence-corrected chi connectivity index (χ0v) is 12.9. The summed E-state index contributed by atoms with van der Waals surface area (Å²) in [5.74, 6) is 0.167. The summed E-state index contributed by atoms with van der Waals surface area (Å²) in [7, 11) is 0. The number of carbonyl (C=O) groups excluding carboxylic acids is 1. The Morgan fingerprint density at radius 2 is 1.95 bits per heavy atom. The summed E-state index contributed by atoms with van der Waals surface area (Å²) in [5, 5.41) is 13.2. The third-order valence-electron chi connectivity index (χ3n) is 4.50. The van der Waals surface area contributed by atoms with Gasteiger partial charge in [0, 0.05) is 17.9 Å². The van der Waals surface area contributed by atoms with Crippen molar-refractivity contribution in [3.8, 4) is 0 Å². The second-order valence-corrected chi connectivity index (χ2v) is 6.35. The highest BCUT2D eigenvalue weighted by atomic mass is 16.3. The van der Waals surface area contributed by atoms with Gasteiger partial charge in [0.15, 0.2) is 0 Å². The average Bonchev–Trinajstić information content (AvgIpc) is 3.00. The van der Waals surface area contributed by atoms with Crippen LogP contribution < -0.4 is 5.32 Å². The molecule has 2 atom stereocenters. The first-order chi connectivity index (χ1) is 10.0. The smallest absolute Gasteiger partial charge is 0.223 e. The molecule has 1 aliphatic carbocycles. The van der Waals surface area contributed by atoms with Crippen molar-refractivity contribution in [1.29, 1.82) is 0 Å². The zero-order valence-electron chi connectivity index (χ0n) is 12.9. The fraction of sp³-hybridized carbons (Fsp3) is 0.500. The van der Waals surface area contributed by atoms with Crippen LogP contribution in [-0.2, 0) is 11.2 Å². The highest BCUT2D eigenvalue weighted by Gasteiger charge is 2.31. The summed E-state index contributed by atoms with van der Waals surface area (Å²) in [5.41, 5.74) is 0.820. The van der Waals surface area contributed by atoms with Crippen molar-refractivity contribution in [2.24, 2.45) is 11.3 Å². The van der Waals surface area contributed by atoms with E-state index >= 15 is 0 Å². The lowest BCUT2D eigenvalue weighted by molar-refractivity contribution is -0.125. The molecule has 0 radical (unpaired) electrons. The van der Waals surface area contributed by atoms with Gasteiger partial charge in [0.2, 0.25) is 5.91 Å². The molecule has 3 nitrogen and oxygen atoms in total. The molecule has 0 aliphatic heterocycles. The van der Waals surface area contributed by atoms with Gasteiger partial charge in [-0.3, -0.25) is 4.79 Å². The van der Waals surface area contributed by atoms with E-state index in [4.69, 9.17) is 0 Å². The molecular weight excluding hydrogens is 262 g/mol. The fourth-order valence-corrected chi connectivity index (χ4v) is 2.68. The Morgan fingerprint density at radius 1 is 1.33 bits per heavy atom. The van der Waals surface area contributed by atoms with Crippen LogP contribution in [-0.4, -0.2) is 23.7 Å². The summed E-state index contributed by atoms with van der Waals surface area (Å²) >= 11 is 0. The van der Waals surface area contributed by atoms with Crippen molar-refractivity contribution >= 4 is 5.91 Å². The minimum absolute atomic E-state index is 0.0694. The SMILES string of the molecule is C[C@@H](O)[C@](C)(CNC(=O)C1CC=CC1)Cc1ccccc1. The Labute approximate surface area is 127 Å². The number of hydrogen-bond donors (Lipinski definition) is 2. The molecule has 3 heteroatoms. The van der Waals surface area contributed by atoms with E-state index in [-0.39, 0.29) is 17.2 Å². The number of hydrogen-bond acceptors (Lipinski definition) is 2. The van der Waals surface area contributed by atoms with Crippen LogP contribution in [0.2, 0.25) is 0 Å². The molecule has 0 saturated heterocycles. The molecule has 0 saturated carbocycles. The van der Waals surface area contributed by atoms with E-state index in [1.807, 2.05) is 25.1 Å². The summed E-state index contributed by atoms with van der Waals surface area (Å²) in [6, 6.07) is 10.1. The first-order valence-electron chi connectivity index (χ1n) is 7.66. The Bertz CT molecular complexity index is 487. The summed E-state index contributed by atoms with van der Waals surface area (Å²) in [4.78, 5) is 12.1. The maximum absolute atomic E-state index is 12.1. The van der Waals surface area contributed by atoms with Crippen LogP contribution in [0, 0.1) is 11.3 Å². The standard InChI is InChI=1S/C18H25NO2/c1-14(20)18(2,12-15-8-4-3-5-9-15)13-19-17(21)16-10-6-7-11-16/h3-9,14,16,20H,10-13H2,1-2H3,(H,19,21)/t14-,18+/m1/s1. The lowest BCUT2D eigenvalue weighted by atomic mass is 9.79. The Morgan fingerprint density at radius 3 is 2.52 bits per heavy atom. The van der Waals surface area contributed by atoms with Gasteiger partial charge in [0.25, 0.3) is 0 Å². The molecule has 1 amide bonds. The minimum Gasteiger partial charge on any atom is -0.393 e. The molecule has 1 aromatic rings. The monoisotopic (exact) mass is 287 g/mol. The highest BCUT2D eigenvalue weighted by Crippen LogP contribution is 2.27. The number of allylic oxidation sites excluding steroid dienone is 2.